The van der Waals surface area contributed by atoms with Crippen molar-refractivity contribution in [2.24, 2.45) is 0 Å². The van der Waals surface area contributed by atoms with E-state index in [-0.39, 0.29) is 6.03 Å². The molecule has 7 heteroatoms. The molecule has 0 saturated carbocycles. The number of amides is 2. The SMILES string of the molecule is COc1ccc(-c2ccc3c(c2)CN(C(=O)Nc2c[nH]c4cc(F)c(F)cc24)C3)cc1. The number of halogens is 2. The normalized spacial score (nSPS) is 12.8. The average Bonchev–Trinajstić information content (AvgIpc) is 3.38. The predicted molar refractivity (Wildman–Crippen MR) is 115 cm³/mol. The lowest BCUT2D eigenvalue weighted by molar-refractivity contribution is 0.212. The zero-order valence-electron chi connectivity index (χ0n) is 16.7. The van der Waals surface area contributed by atoms with Gasteiger partial charge in [0.25, 0.3) is 0 Å². The van der Waals surface area contributed by atoms with Gasteiger partial charge in [0.15, 0.2) is 11.6 Å². The second-order valence-corrected chi connectivity index (χ2v) is 7.51. The number of aromatic amines is 1. The fourth-order valence-electron chi connectivity index (χ4n) is 3.92. The second kappa shape index (κ2) is 7.43. The number of methoxy groups -OCH3 is 1. The number of carbonyl (C=O) groups is 1. The number of H-pyrrole nitrogens is 1. The number of hydrogen-bond acceptors (Lipinski definition) is 2. The first-order chi connectivity index (χ1) is 15.0. The number of anilines is 1. The van der Waals surface area contributed by atoms with E-state index in [1.165, 1.54) is 6.20 Å². The lowest BCUT2D eigenvalue weighted by atomic mass is 10.0. The van der Waals surface area contributed by atoms with Gasteiger partial charge in [0.1, 0.15) is 5.75 Å². The molecule has 1 aromatic heterocycles. The average molecular weight is 419 g/mol. The number of ether oxygens (including phenoxy) is 1. The molecule has 0 atom stereocenters. The standard InChI is InChI=1S/C24H19F2N3O2/c1-31-18-6-4-14(5-7-18)15-2-3-16-12-29(13-17(16)8-15)24(30)28-23-11-27-22-10-21(26)20(25)9-19(22)23/h2-11,27H,12-13H2,1H3,(H,28,30). The maximum atomic E-state index is 13.6. The van der Waals surface area contributed by atoms with E-state index in [2.05, 4.69) is 16.4 Å². The summed E-state index contributed by atoms with van der Waals surface area (Å²) in [4.78, 5) is 17.4. The van der Waals surface area contributed by atoms with E-state index in [1.807, 2.05) is 36.4 Å². The van der Waals surface area contributed by atoms with Crippen molar-refractivity contribution in [3.63, 3.8) is 0 Å². The molecule has 2 amide bonds. The molecule has 156 valence electrons. The third-order valence-corrected chi connectivity index (χ3v) is 5.60. The highest BCUT2D eigenvalue weighted by Crippen LogP contribution is 2.31. The highest BCUT2D eigenvalue weighted by atomic mass is 19.2. The van der Waals surface area contributed by atoms with Crippen molar-refractivity contribution in [1.82, 2.24) is 9.88 Å². The van der Waals surface area contributed by atoms with Gasteiger partial charge < -0.3 is 19.9 Å². The first-order valence-electron chi connectivity index (χ1n) is 9.80. The van der Waals surface area contributed by atoms with Gasteiger partial charge in [-0.3, -0.25) is 0 Å². The summed E-state index contributed by atoms with van der Waals surface area (Å²) in [5.41, 5.74) is 5.13. The molecule has 5 nitrogen and oxygen atoms in total. The summed E-state index contributed by atoms with van der Waals surface area (Å²) in [7, 11) is 1.63. The van der Waals surface area contributed by atoms with Gasteiger partial charge in [0.05, 0.1) is 18.3 Å². The molecule has 0 bridgehead atoms. The third kappa shape index (κ3) is 3.48. The summed E-state index contributed by atoms with van der Waals surface area (Å²) in [5.74, 6) is -1.09. The van der Waals surface area contributed by atoms with E-state index in [9.17, 15) is 13.6 Å². The Morgan fingerprint density at radius 1 is 0.968 bits per heavy atom. The minimum atomic E-state index is -0.956. The quantitative estimate of drug-likeness (QED) is 0.450. The Morgan fingerprint density at radius 3 is 2.45 bits per heavy atom. The molecule has 0 fully saturated rings. The number of rotatable bonds is 3. The van der Waals surface area contributed by atoms with Gasteiger partial charge in [-0.05, 0) is 46.5 Å². The topological polar surface area (TPSA) is 57.4 Å². The zero-order chi connectivity index (χ0) is 21.5. The summed E-state index contributed by atoms with van der Waals surface area (Å²) in [6.45, 7) is 0.950. The largest absolute Gasteiger partial charge is 0.497 e. The van der Waals surface area contributed by atoms with Gasteiger partial charge in [-0.1, -0.05) is 24.3 Å². The van der Waals surface area contributed by atoms with Gasteiger partial charge in [-0.25, -0.2) is 13.6 Å². The van der Waals surface area contributed by atoms with Crippen LogP contribution in [0.2, 0.25) is 0 Å². The number of hydrogen-bond donors (Lipinski definition) is 2. The van der Waals surface area contributed by atoms with Crippen LogP contribution in [0.4, 0.5) is 19.3 Å². The summed E-state index contributed by atoms with van der Waals surface area (Å²) in [5, 5.41) is 3.22. The number of nitrogens with zero attached hydrogens (tertiary/aromatic N) is 1. The zero-order valence-corrected chi connectivity index (χ0v) is 16.7. The Hall–Kier alpha value is -3.87. The Labute approximate surface area is 177 Å². The summed E-state index contributed by atoms with van der Waals surface area (Å²) in [6, 6.07) is 15.9. The fourth-order valence-corrected chi connectivity index (χ4v) is 3.92. The summed E-state index contributed by atoms with van der Waals surface area (Å²) >= 11 is 0. The van der Waals surface area contributed by atoms with E-state index in [4.69, 9.17) is 4.74 Å². The van der Waals surface area contributed by atoms with Crippen LogP contribution in [-0.2, 0) is 13.1 Å². The van der Waals surface area contributed by atoms with Crippen molar-refractivity contribution in [2.45, 2.75) is 13.1 Å². The Bertz CT molecular complexity index is 1300. The van der Waals surface area contributed by atoms with Crippen LogP contribution in [0, 0.1) is 11.6 Å². The maximum Gasteiger partial charge on any atom is 0.322 e. The molecule has 0 radical (unpaired) electrons. The van der Waals surface area contributed by atoms with Crippen LogP contribution < -0.4 is 10.1 Å². The van der Waals surface area contributed by atoms with Crippen molar-refractivity contribution in [3.8, 4) is 16.9 Å². The van der Waals surface area contributed by atoms with Crippen molar-refractivity contribution in [1.29, 1.82) is 0 Å². The summed E-state index contributed by atoms with van der Waals surface area (Å²) < 4.78 is 32.2. The minimum absolute atomic E-state index is 0.298. The lowest BCUT2D eigenvalue weighted by Gasteiger charge is -2.16. The highest BCUT2D eigenvalue weighted by Gasteiger charge is 2.24. The molecule has 5 rings (SSSR count). The van der Waals surface area contributed by atoms with Crippen molar-refractivity contribution in [2.75, 3.05) is 12.4 Å². The van der Waals surface area contributed by atoms with Crippen molar-refractivity contribution >= 4 is 22.6 Å². The number of benzene rings is 3. The molecule has 2 heterocycles. The number of nitrogens with one attached hydrogen (secondary N) is 2. The number of urea groups is 1. The predicted octanol–water partition coefficient (Wildman–Crippen LogP) is 5.67. The third-order valence-electron chi connectivity index (χ3n) is 5.60. The number of aromatic nitrogens is 1. The first kappa shape index (κ1) is 19.1. The molecule has 0 aliphatic carbocycles. The minimum Gasteiger partial charge on any atom is -0.497 e. The van der Waals surface area contributed by atoms with Crippen LogP contribution in [0.15, 0.2) is 60.8 Å². The molecular weight excluding hydrogens is 400 g/mol. The van der Waals surface area contributed by atoms with Gasteiger partial charge in [0, 0.05) is 30.7 Å². The monoisotopic (exact) mass is 419 g/mol. The number of fused-ring (bicyclic) bond motifs is 2. The van der Waals surface area contributed by atoms with Crippen LogP contribution in [0.5, 0.6) is 5.75 Å². The van der Waals surface area contributed by atoms with E-state index < -0.39 is 11.6 Å². The number of carbonyl (C=O) groups excluding carboxylic acids is 1. The molecule has 0 spiro atoms. The first-order valence-corrected chi connectivity index (χ1v) is 9.80. The van der Waals surface area contributed by atoms with Gasteiger partial charge in [0.2, 0.25) is 0 Å². The van der Waals surface area contributed by atoms with E-state index >= 15 is 0 Å². The molecular formula is C24H19F2N3O2. The highest BCUT2D eigenvalue weighted by molar-refractivity contribution is 6.01. The molecule has 4 aromatic rings. The van der Waals surface area contributed by atoms with Crippen LogP contribution in [0.25, 0.3) is 22.0 Å². The smallest absolute Gasteiger partial charge is 0.322 e. The van der Waals surface area contributed by atoms with Crippen LogP contribution in [0.1, 0.15) is 11.1 Å². The molecule has 1 aliphatic heterocycles. The van der Waals surface area contributed by atoms with Crippen LogP contribution >= 0.6 is 0 Å². The maximum absolute atomic E-state index is 13.6. The molecule has 0 unspecified atom stereocenters. The molecule has 31 heavy (non-hydrogen) atoms. The Balaban J connectivity index is 1.33. The van der Waals surface area contributed by atoms with Crippen molar-refractivity contribution < 1.29 is 18.3 Å². The van der Waals surface area contributed by atoms with Gasteiger partial charge in [-0.2, -0.15) is 0 Å². The van der Waals surface area contributed by atoms with Gasteiger partial charge in [-0.15, -0.1) is 0 Å². The van der Waals surface area contributed by atoms with Crippen molar-refractivity contribution in [3.05, 3.63) is 83.6 Å². The molecule has 2 N–H and O–H groups in total. The van der Waals surface area contributed by atoms with Crippen LogP contribution in [-0.4, -0.2) is 23.0 Å². The Kier molecular flexibility index (Phi) is 4.58. The lowest BCUT2D eigenvalue weighted by Crippen LogP contribution is -2.30. The fraction of sp³-hybridized carbons (Fsp3) is 0.125. The van der Waals surface area contributed by atoms with E-state index in [0.29, 0.717) is 29.7 Å². The molecule has 3 aromatic carbocycles. The summed E-state index contributed by atoms with van der Waals surface area (Å²) in [6.07, 6.45) is 1.53. The van der Waals surface area contributed by atoms with Gasteiger partial charge >= 0.3 is 6.03 Å². The molecule has 1 aliphatic rings. The molecule has 0 saturated heterocycles. The van der Waals surface area contributed by atoms with E-state index in [0.717, 1.165) is 40.1 Å². The van der Waals surface area contributed by atoms with E-state index in [1.54, 1.807) is 12.0 Å². The Morgan fingerprint density at radius 2 is 1.68 bits per heavy atom. The second-order valence-electron chi connectivity index (χ2n) is 7.51. The van der Waals surface area contributed by atoms with Crippen LogP contribution in [0.3, 0.4) is 0 Å².